The molecule has 3 aromatic carbocycles. The number of piperidine rings is 1. The number of carboxylic acids is 4. The minimum absolute atomic E-state index is 0.0340. The summed E-state index contributed by atoms with van der Waals surface area (Å²) in [5.74, 6) is -3.95. The van der Waals surface area contributed by atoms with Crippen molar-refractivity contribution in [3.8, 4) is 16.9 Å². The van der Waals surface area contributed by atoms with Gasteiger partial charge >= 0.3 is 30.1 Å². The Morgan fingerprint density at radius 3 is 1.80 bits per heavy atom. The van der Waals surface area contributed by atoms with Gasteiger partial charge in [0.05, 0.1) is 38.4 Å². The number of carboxylic acid groups (broad SMARTS) is 4. The number of halogens is 3. The molecule has 3 aromatic rings. The number of hydrogen-bond donors (Lipinski definition) is 4. The summed E-state index contributed by atoms with van der Waals surface area (Å²) in [5, 5.41) is 38.5. The van der Waals surface area contributed by atoms with Gasteiger partial charge in [0.1, 0.15) is 18.4 Å². The zero-order valence-corrected chi connectivity index (χ0v) is 36.8. The highest BCUT2D eigenvalue weighted by Gasteiger charge is 2.35. The van der Waals surface area contributed by atoms with Gasteiger partial charge in [-0.1, -0.05) is 67.1 Å². The molecule has 2 saturated heterocycles. The number of hydrogen-bond acceptors (Lipinski definition) is 11. The van der Waals surface area contributed by atoms with E-state index in [0.717, 1.165) is 28.3 Å². The van der Waals surface area contributed by atoms with Gasteiger partial charge < -0.3 is 29.9 Å². The first-order chi connectivity index (χ1) is 31.1. The van der Waals surface area contributed by atoms with Gasteiger partial charge in [0, 0.05) is 71.0 Å². The van der Waals surface area contributed by atoms with Crippen molar-refractivity contribution in [2.24, 2.45) is 0 Å². The Morgan fingerprint density at radius 1 is 0.677 bits per heavy atom. The average Bonchev–Trinajstić information content (AvgIpc) is 3.25. The number of alkyl halides is 3. The predicted octanol–water partition coefficient (Wildman–Crippen LogP) is 5.16. The zero-order chi connectivity index (χ0) is 46.9. The molecule has 65 heavy (non-hydrogen) atoms. The fraction of sp³-hybridized carbons (Fsp3) is 0.489. The van der Waals surface area contributed by atoms with Crippen LogP contribution >= 0.6 is 0 Å². The first-order valence-corrected chi connectivity index (χ1v) is 21.9. The third-order valence-corrected chi connectivity index (χ3v) is 11.8. The molecule has 1 atom stereocenters. The first kappa shape index (κ1) is 50.6. The average molecular weight is 912 g/mol. The molecule has 0 spiro atoms. The lowest BCUT2D eigenvalue weighted by atomic mass is 9.95. The van der Waals surface area contributed by atoms with Crippen molar-refractivity contribution < 1.29 is 62.2 Å². The highest BCUT2D eigenvalue weighted by atomic mass is 19.4. The maximum absolute atomic E-state index is 14.8. The van der Waals surface area contributed by atoms with Crippen molar-refractivity contribution in [1.82, 2.24) is 24.5 Å². The second-order valence-electron chi connectivity index (χ2n) is 16.4. The number of ether oxygens (including phenoxy) is 2. The lowest BCUT2D eigenvalue weighted by Gasteiger charge is -2.33. The number of nitrogens with zero attached hydrogens (tertiary/aromatic N) is 5. The number of carbonyl (C=O) groups is 4. The van der Waals surface area contributed by atoms with Crippen LogP contribution in [0.5, 0.6) is 5.75 Å². The molecule has 2 heterocycles. The summed E-state index contributed by atoms with van der Waals surface area (Å²) < 4.78 is 56.6. The van der Waals surface area contributed by atoms with Crippen molar-refractivity contribution in [2.45, 2.75) is 44.9 Å². The highest BCUT2D eigenvalue weighted by molar-refractivity contribution is 5.79. The van der Waals surface area contributed by atoms with Crippen LogP contribution in [0, 0.1) is 6.92 Å². The normalized spacial score (nSPS) is 18.2. The molecular formula is C47H60F3N5O10. The molecule has 2 aliphatic heterocycles. The Bertz CT molecular complexity index is 2060. The molecular weight excluding hydrogens is 852 g/mol. The molecule has 0 bridgehead atoms. The van der Waals surface area contributed by atoms with E-state index in [-0.39, 0.29) is 76.0 Å². The molecule has 0 saturated carbocycles. The lowest BCUT2D eigenvalue weighted by Crippen LogP contribution is -2.48. The number of rotatable bonds is 19. The second kappa shape index (κ2) is 24.8. The fourth-order valence-electron chi connectivity index (χ4n) is 8.26. The van der Waals surface area contributed by atoms with Gasteiger partial charge in [0.15, 0.2) is 0 Å². The summed E-state index contributed by atoms with van der Waals surface area (Å²) in [4.78, 5) is 55.8. The summed E-state index contributed by atoms with van der Waals surface area (Å²) >= 11 is 0. The SMILES string of the molecule is Cc1c(/C=C/c2cc(OCCOCCN3CCN(CC(=O)O)CCN(CC(=O)O)CCN(CC(=O)O)CC3)c(CN3CCCC[C@@H]3C(=O)O)cc2C(F)(F)F)cccc1-c1ccccc1. The van der Waals surface area contributed by atoms with Crippen LogP contribution in [0.4, 0.5) is 13.2 Å². The van der Waals surface area contributed by atoms with Crippen LogP contribution in [-0.2, 0) is 36.6 Å². The summed E-state index contributed by atoms with van der Waals surface area (Å²) in [7, 11) is 0. The smallest absolute Gasteiger partial charge is 0.417 e. The van der Waals surface area contributed by atoms with Gasteiger partial charge in [-0.2, -0.15) is 13.2 Å². The minimum atomic E-state index is -4.73. The van der Waals surface area contributed by atoms with Crippen molar-refractivity contribution in [3.63, 3.8) is 0 Å². The van der Waals surface area contributed by atoms with Crippen molar-refractivity contribution in [2.75, 3.05) is 105 Å². The molecule has 15 nitrogen and oxygen atoms in total. The van der Waals surface area contributed by atoms with Gasteiger partial charge in [-0.25, -0.2) is 0 Å². The van der Waals surface area contributed by atoms with Crippen LogP contribution < -0.4 is 4.74 Å². The Balaban J connectivity index is 1.31. The largest absolute Gasteiger partial charge is 0.491 e. The summed E-state index contributed by atoms with van der Waals surface area (Å²) in [6.07, 6.45) is 0.127. The van der Waals surface area contributed by atoms with Crippen LogP contribution in [0.1, 0.15) is 47.1 Å². The Labute approximate surface area is 377 Å². The molecule has 2 aliphatic rings. The summed E-state index contributed by atoms with van der Waals surface area (Å²) in [5.41, 5.74) is 2.77. The van der Waals surface area contributed by atoms with Crippen LogP contribution in [-0.4, -0.2) is 180 Å². The number of likely N-dealkylation sites (tertiary alicyclic amines) is 1. The van der Waals surface area contributed by atoms with Crippen LogP contribution in [0.2, 0.25) is 0 Å². The molecule has 4 N–H and O–H groups in total. The van der Waals surface area contributed by atoms with Crippen molar-refractivity contribution in [1.29, 1.82) is 0 Å². The third kappa shape index (κ3) is 16.2. The summed E-state index contributed by atoms with van der Waals surface area (Å²) in [6, 6.07) is 16.9. The van der Waals surface area contributed by atoms with E-state index in [0.29, 0.717) is 71.6 Å². The Morgan fingerprint density at radius 2 is 1.25 bits per heavy atom. The Hall–Kier alpha value is -5.37. The van der Waals surface area contributed by atoms with E-state index in [1.807, 2.05) is 60.4 Å². The van der Waals surface area contributed by atoms with E-state index in [1.165, 1.54) is 12.1 Å². The predicted molar refractivity (Wildman–Crippen MR) is 238 cm³/mol. The molecule has 0 aromatic heterocycles. The first-order valence-electron chi connectivity index (χ1n) is 21.9. The van der Waals surface area contributed by atoms with Gasteiger partial charge in [-0.05, 0) is 66.3 Å². The number of benzene rings is 3. The quantitative estimate of drug-likeness (QED) is 0.0914. The van der Waals surface area contributed by atoms with Gasteiger partial charge in [0.2, 0.25) is 0 Å². The van der Waals surface area contributed by atoms with Crippen LogP contribution in [0.15, 0.2) is 60.7 Å². The number of aliphatic carboxylic acids is 4. The van der Waals surface area contributed by atoms with Crippen molar-refractivity contribution >= 4 is 36.0 Å². The molecule has 5 rings (SSSR count). The second-order valence-corrected chi connectivity index (χ2v) is 16.4. The van der Waals surface area contributed by atoms with Crippen LogP contribution in [0.25, 0.3) is 23.3 Å². The molecule has 354 valence electrons. The standard InChI is InChI=1S/C47H60F3N5O10/c1-34-35(10-7-11-39(34)36-8-3-2-4-9-36)13-14-37-29-42(38(28-40(37)47(48,49)50)30-55-15-6-5-12-41(55)46(62)63)65-27-26-64-25-24-51-16-18-52(31-43(56)57)20-22-54(33-45(60)61)23-21-53(19-17-51)32-44(58)59/h2-4,7-11,13-14,28-29,41H,5-6,12,15-27,30-33H2,1H3,(H,56,57)(H,58,59)(H,60,61)(H,62,63)/b14-13+/t41-/m1/s1. The van der Waals surface area contributed by atoms with E-state index in [2.05, 4.69) is 0 Å². The van der Waals surface area contributed by atoms with Crippen molar-refractivity contribution in [3.05, 3.63) is 88.5 Å². The zero-order valence-electron chi connectivity index (χ0n) is 36.8. The highest BCUT2D eigenvalue weighted by Crippen LogP contribution is 2.38. The maximum Gasteiger partial charge on any atom is 0.417 e. The third-order valence-electron chi connectivity index (χ3n) is 11.8. The van der Waals surface area contributed by atoms with Gasteiger partial charge in [-0.3, -0.25) is 43.7 Å². The molecule has 0 unspecified atom stereocenters. The molecule has 18 heteroatoms. The lowest BCUT2D eigenvalue weighted by molar-refractivity contribution is -0.145. The molecule has 2 fully saturated rings. The van der Waals surface area contributed by atoms with Gasteiger partial charge in [0.25, 0.3) is 0 Å². The fourth-order valence-corrected chi connectivity index (χ4v) is 8.26. The minimum Gasteiger partial charge on any atom is -0.491 e. The van der Waals surface area contributed by atoms with E-state index in [1.54, 1.807) is 25.7 Å². The molecule has 0 radical (unpaired) electrons. The van der Waals surface area contributed by atoms with E-state index in [9.17, 15) is 52.8 Å². The Kier molecular flexibility index (Phi) is 19.3. The molecule has 0 aliphatic carbocycles. The summed E-state index contributed by atoms with van der Waals surface area (Å²) in [6.45, 7) is 4.80. The van der Waals surface area contributed by atoms with Crippen LogP contribution in [0.3, 0.4) is 0 Å². The van der Waals surface area contributed by atoms with E-state index in [4.69, 9.17) is 9.47 Å². The maximum atomic E-state index is 14.8. The van der Waals surface area contributed by atoms with E-state index < -0.39 is 41.7 Å². The van der Waals surface area contributed by atoms with E-state index >= 15 is 0 Å². The topological polar surface area (TPSA) is 184 Å². The van der Waals surface area contributed by atoms with Gasteiger partial charge in [-0.15, -0.1) is 0 Å². The monoisotopic (exact) mass is 911 g/mol. The molecule has 0 amide bonds.